The van der Waals surface area contributed by atoms with Gasteiger partial charge in [0.25, 0.3) is 0 Å². The molecule has 1 aromatic carbocycles. The summed E-state index contributed by atoms with van der Waals surface area (Å²) >= 11 is 3.44. The maximum absolute atomic E-state index is 11.6. The summed E-state index contributed by atoms with van der Waals surface area (Å²) in [6.07, 6.45) is 0.710. The molecule has 86 valence electrons. The SMILES string of the molecule is CCOC(=O)C1Cc2ccc(Br)cc2CN1. The Kier molecular flexibility index (Phi) is 3.61. The highest BCUT2D eigenvalue weighted by Gasteiger charge is 2.24. The van der Waals surface area contributed by atoms with E-state index in [0.29, 0.717) is 13.0 Å². The lowest BCUT2D eigenvalue weighted by molar-refractivity contribution is -0.145. The first kappa shape index (κ1) is 11.6. The van der Waals surface area contributed by atoms with Crippen LogP contribution in [0, 0.1) is 0 Å². The highest BCUT2D eigenvalue weighted by atomic mass is 79.9. The zero-order valence-electron chi connectivity index (χ0n) is 9.13. The van der Waals surface area contributed by atoms with E-state index in [2.05, 4.69) is 33.4 Å². The number of carbonyl (C=O) groups excluding carboxylic acids is 1. The van der Waals surface area contributed by atoms with Crippen molar-refractivity contribution in [2.75, 3.05) is 6.61 Å². The Bertz CT molecular complexity index is 406. The van der Waals surface area contributed by atoms with Crippen molar-refractivity contribution in [3.8, 4) is 0 Å². The second-order valence-corrected chi connectivity index (χ2v) is 4.72. The van der Waals surface area contributed by atoms with Crippen LogP contribution in [-0.4, -0.2) is 18.6 Å². The third-order valence-electron chi connectivity index (χ3n) is 2.70. The van der Waals surface area contributed by atoms with Crippen molar-refractivity contribution in [1.29, 1.82) is 0 Å². The number of fused-ring (bicyclic) bond motifs is 1. The van der Waals surface area contributed by atoms with Gasteiger partial charge in [0.2, 0.25) is 0 Å². The van der Waals surface area contributed by atoms with E-state index >= 15 is 0 Å². The second-order valence-electron chi connectivity index (χ2n) is 3.80. The van der Waals surface area contributed by atoms with E-state index in [1.807, 2.05) is 13.0 Å². The van der Waals surface area contributed by atoms with Crippen molar-refractivity contribution in [2.45, 2.75) is 25.9 Å². The van der Waals surface area contributed by atoms with Crippen LogP contribution >= 0.6 is 15.9 Å². The van der Waals surface area contributed by atoms with Crippen LogP contribution < -0.4 is 5.32 Å². The molecular weight excluding hydrogens is 270 g/mol. The van der Waals surface area contributed by atoms with Gasteiger partial charge in [0.1, 0.15) is 6.04 Å². The van der Waals surface area contributed by atoms with Gasteiger partial charge in [-0.05, 0) is 36.6 Å². The summed E-state index contributed by atoms with van der Waals surface area (Å²) in [5.41, 5.74) is 2.47. The second kappa shape index (κ2) is 4.97. The average Bonchev–Trinajstić information content (AvgIpc) is 2.28. The van der Waals surface area contributed by atoms with E-state index in [-0.39, 0.29) is 12.0 Å². The molecule has 3 nitrogen and oxygen atoms in total. The zero-order valence-corrected chi connectivity index (χ0v) is 10.7. The van der Waals surface area contributed by atoms with Gasteiger partial charge in [-0.1, -0.05) is 22.0 Å². The summed E-state index contributed by atoms with van der Waals surface area (Å²) in [6, 6.07) is 5.95. The molecule has 0 aromatic heterocycles. The van der Waals surface area contributed by atoms with E-state index < -0.39 is 0 Å². The maximum atomic E-state index is 11.6. The van der Waals surface area contributed by atoms with Gasteiger partial charge in [-0.25, -0.2) is 0 Å². The van der Waals surface area contributed by atoms with E-state index in [1.54, 1.807) is 0 Å². The first-order valence-corrected chi connectivity index (χ1v) is 6.17. The molecule has 1 aromatic rings. The lowest BCUT2D eigenvalue weighted by Gasteiger charge is -2.24. The van der Waals surface area contributed by atoms with Crippen molar-refractivity contribution < 1.29 is 9.53 Å². The maximum Gasteiger partial charge on any atom is 0.323 e. The smallest absolute Gasteiger partial charge is 0.323 e. The summed E-state index contributed by atoms with van der Waals surface area (Å²) in [7, 11) is 0. The number of ether oxygens (including phenoxy) is 1. The topological polar surface area (TPSA) is 38.3 Å². The highest BCUT2D eigenvalue weighted by molar-refractivity contribution is 9.10. The molecule has 0 saturated heterocycles. The number of rotatable bonds is 2. The van der Waals surface area contributed by atoms with E-state index in [9.17, 15) is 4.79 Å². The van der Waals surface area contributed by atoms with Gasteiger partial charge in [0, 0.05) is 11.0 Å². The molecule has 0 saturated carbocycles. The number of halogens is 1. The van der Waals surface area contributed by atoms with Crippen LogP contribution in [0.4, 0.5) is 0 Å². The van der Waals surface area contributed by atoms with Crippen LogP contribution in [-0.2, 0) is 22.5 Å². The Morgan fingerprint density at radius 3 is 3.12 bits per heavy atom. The largest absolute Gasteiger partial charge is 0.465 e. The monoisotopic (exact) mass is 283 g/mol. The summed E-state index contributed by atoms with van der Waals surface area (Å²) in [6.45, 7) is 2.98. The molecule has 1 N–H and O–H groups in total. The molecule has 1 atom stereocenters. The molecule has 4 heteroatoms. The van der Waals surface area contributed by atoms with Gasteiger partial charge in [-0.3, -0.25) is 4.79 Å². The molecule has 0 radical (unpaired) electrons. The lowest BCUT2D eigenvalue weighted by Crippen LogP contribution is -2.42. The fourth-order valence-electron chi connectivity index (χ4n) is 1.89. The molecule has 1 aliphatic rings. The molecular formula is C12H14BrNO2. The van der Waals surface area contributed by atoms with Crippen molar-refractivity contribution >= 4 is 21.9 Å². The predicted octanol–water partition coefficient (Wildman–Crippen LogP) is 2.03. The standard InChI is InChI=1S/C12H14BrNO2/c1-2-16-12(15)11-6-8-3-4-10(13)5-9(8)7-14-11/h3-5,11,14H,2,6-7H2,1H3. The molecule has 0 aliphatic carbocycles. The third kappa shape index (κ3) is 2.44. The van der Waals surface area contributed by atoms with E-state index in [1.165, 1.54) is 11.1 Å². The number of carbonyl (C=O) groups is 1. The number of nitrogens with one attached hydrogen (secondary N) is 1. The Balaban J connectivity index is 2.12. The quantitative estimate of drug-likeness (QED) is 0.844. The van der Waals surface area contributed by atoms with Crippen molar-refractivity contribution in [1.82, 2.24) is 5.32 Å². The minimum absolute atomic E-state index is 0.156. The molecule has 0 amide bonds. The highest BCUT2D eigenvalue weighted by Crippen LogP contribution is 2.21. The van der Waals surface area contributed by atoms with E-state index in [4.69, 9.17) is 4.74 Å². The normalized spacial score (nSPS) is 19.0. The number of hydrogen-bond acceptors (Lipinski definition) is 3. The van der Waals surface area contributed by atoms with Gasteiger partial charge < -0.3 is 10.1 Å². The molecule has 0 spiro atoms. The summed E-state index contributed by atoms with van der Waals surface area (Å²) in [4.78, 5) is 11.6. The van der Waals surface area contributed by atoms with Crippen molar-refractivity contribution in [3.63, 3.8) is 0 Å². The number of benzene rings is 1. The summed E-state index contributed by atoms with van der Waals surface area (Å²) in [5, 5.41) is 3.19. The number of hydrogen-bond donors (Lipinski definition) is 1. The van der Waals surface area contributed by atoms with Gasteiger partial charge >= 0.3 is 5.97 Å². The van der Waals surface area contributed by atoms with Crippen molar-refractivity contribution in [2.24, 2.45) is 0 Å². The molecule has 0 bridgehead atoms. The van der Waals surface area contributed by atoms with Gasteiger partial charge in [0.05, 0.1) is 6.61 Å². The fourth-order valence-corrected chi connectivity index (χ4v) is 2.30. The summed E-state index contributed by atoms with van der Waals surface area (Å²) < 4.78 is 6.08. The molecule has 1 unspecified atom stereocenters. The minimum atomic E-state index is -0.200. The Morgan fingerprint density at radius 1 is 1.56 bits per heavy atom. The first-order valence-electron chi connectivity index (χ1n) is 5.38. The molecule has 16 heavy (non-hydrogen) atoms. The van der Waals surface area contributed by atoms with Crippen LogP contribution in [0.3, 0.4) is 0 Å². The Morgan fingerprint density at radius 2 is 2.38 bits per heavy atom. The Hall–Kier alpha value is -0.870. The van der Waals surface area contributed by atoms with Crippen LogP contribution in [0.2, 0.25) is 0 Å². The van der Waals surface area contributed by atoms with E-state index in [0.717, 1.165) is 11.0 Å². The molecule has 0 fully saturated rings. The molecule has 1 aliphatic heterocycles. The summed E-state index contributed by atoms with van der Waals surface area (Å²) in [5.74, 6) is -0.156. The van der Waals surface area contributed by atoms with Gasteiger partial charge in [0.15, 0.2) is 0 Å². The first-order chi connectivity index (χ1) is 7.70. The van der Waals surface area contributed by atoms with Crippen LogP contribution in [0.25, 0.3) is 0 Å². The molecule has 2 rings (SSSR count). The van der Waals surface area contributed by atoms with Crippen LogP contribution in [0.15, 0.2) is 22.7 Å². The minimum Gasteiger partial charge on any atom is -0.465 e. The van der Waals surface area contributed by atoms with Gasteiger partial charge in [-0.2, -0.15) is 0 Å². The lowest BCUT2D eigenvalue weighted by atomic mass is 9.96. The Labute approximate surface area is 103 Å². The van der Waals surface area contributed by atoms with Crippen LogP contribution in [0.1, 0.15) is 18.1 Å². The average molecular weight is 284 g/mol. The third-order valence-corrected chi connectivity index (χ3v) is 3.20. The fraction of sp³-hybridized carbons (Fsp3) is 0.417. The molecule has 1 heterocycles. The van der Waals surface area contributed by atoms with Gasteiger partial charge in [-0.15, -0.1) is 0 Å². The zero-order chi connectivity index (χ0) is 11.5. The predicted molar refractivity (Wildman–Crippen MR) is 65.1 cm³/mol. The van der Waals surface area contributed by atoms with Crippen molar-refractivity contribution in [3.05, 3.63) is 33.8 Å². The van der Waals surface area contributed by atoms with Crippen LogP contribution in [0.5, 0.6) is 0 Å². The number of esters is 1.